The average molecular weight is 384 g/mol. The van der Waals surface area contributed by atoms with Crippen LogP contribution in [0.3, 0.4) is 0 Å². The first-order chi connectivity index (χ1) is 11.6. The number of ether oxygens (including phenoxy) is 2. The normalized spacial score (nSPS) is 22.5. The molecule has 2 aromatic carbocycles. The van der Waals surface area contributed by atoms with Gasteiger partial charge in [0.2, 0.25) is 0 Å². The molecule has 2 aliphatic heterocycles. The second-order valence-corrected chi connectivity index (χ2v) is 7.03. The predicted molar refractivity (Wildman–Crippen MR) is 90.1 cm³/mol. The zero-order valence-corrected chi connectivity index (χ0v) is 15.4. The third-order valence-corrected chi connectivity index (χ3v) is 5.14. The lowest BCUT2D eigenvalue weighted by molar-refractivity contribution is -0.663. The number of para-hydroxylation sites is 1. The van der Waals surface area contributed by atoms with Gasteiger partial charge in [-0.25, -0.2) is 4.39 Å². The SMILES string of the molecule is CC1(c2ccc(Cl)cc2F)Oc2cccc(C3CC[NH2+]CC3)c2O1.[Cl-]. The Balaban J connectivity index is 0.00000182. The number of rotatable bonds is 2. The highest BCUT2D eigenvalue weighted by atomic mass is 35.5. The summed E-state index contributed by atoms with van der Waals surface area (Å²) in [6, 6.07) is 10.5. The van der Waals surface area contributed by atoms with Gasteiger partial charge >= 0.3 is 0 Å². The Bertz CT molecular complexity index is 780. The molecule has 0 radical (unpaired) electrons. The molecule has 25 heavy (non-hydrogen) atoms. The van der Waals surface area contributed by atoms with Crippen molar-refractivity contribution < 1.29 is 31.6 Å². The first-order valence-electron chi connectivity index (χ1n) is 8.35. The second-order valence-electron chi connectivity index (χ2n) is 6.59. The van der Waals surface area contributed by atoms with Gasteiger partial charge in [0, 0.05) is 30.4 Å². The third kappa shape index (κ3) is 3.31. The van der Waals surface area contributed by atoms with Gasteiger partial charge in [0.05, 0.1) is 18.7 Å². The third-order valence-electron chi connectivity index (χ3n) is 4.91. The van der Waals surface area contributed by atoms with Crippen molar-refractivity contribution in [2.75, 3.05) is 13.1 Å². The number of halogens is 3. The summed E-state index contributed by atoms with van der Waals surface area (Å²) in [7, 11) is 0. The summed E-state index contributed by atoms with van der Waals surface area (Å²) in [5.41, 5.74) is 1.52. The Labute approximate surface area is 157 Å². The van der Waals surface area contributed by atoms with Crippen LogP contribution in [0.4, 0.5) is 4.39 Å². The number of quaternary nitrogens is 1. The largest absolute Gasteiger partial charge is 1.00 e. The highest BCUT2D eigenvalue weighted by Gasteiger charge is 2.42. The first-order valence-corrected chi connectivity index (χ1v) is 8.73. The quantitative estimate of drug-likeness (QED) is 0.822. The Hall–Kier alpha value is -1.49. The van der Waals surface area contributed by atoms with Crippen LogP contribution < -0.4 is 27.2 Å². The lowest BCUT2D eigenvalue weighted by Crippen LogP contribution is -3.00. The molecule has 1 atom stereocenters. The maximum absolute atomic E-state index is 14.4. The Kier molecular flexibility index (Phi) is 5.14. The fourth-order valence-electron chi connectivity index (χ4n) is 3.67. The molecular formula is C19H20Cl2FNO2. The zero-order chi connectivity index (χ0) is 16.7. The average Bonchev–Trinajstić information content (AvgIpc) is 2.92. The van der Waals surface area contributed by atoms with Crippen molar-refractivity contribution >= 4 is 11.6 Å². The maximum Gasteiger partial charge on any atom is 0.278 e. The second kappa shape index (κ2) is 7.02. The van der Waals surface area contributed by atoms with E-state index in [0.717, 1.165) is 31.7 Å². The van der Waals surface area contributed by atoms with Crippen LogP contribution in [-0.2, 0) is 5.79 Å². The molecule has 2 aliphatic rings. The van der Waals surface area contributed by atoms with Crippen LogP contribution in [0.5, 0.6) is 11.5 Å². The number of hydrogen-bond donors (Lipinski definition) is 1. The van der Waals surface area contributed by atoms with Gasteiger partial charge < -0.3 is 27.2 Å². The zero-order valence-electron chi connectivity index (χ0n) is 13.9. The molecular weight excluding hydrogens is 364 g/mol. The lowest BCUT2D eigenvalue weighted by Gasteiger charge is -2.25. The monoisotopic (exact) mass is 383 g/mol. The van der Waals surface area contributed by atoms with E-state index >= 15 is 0 Å². The molecule has 1 fully saturated rings. The maximum atomic E-state index is 14.4. The number of piperidine rings is 1. The van der Waals surface area contributed by atoms with Crippen molar-refractivity contribution in [2.24, 2.45) is 0 Å². The molecule has 4 rings (SSSR count). The Morgan fingerprint density at radius 3 is 2.64 bits per heavy atom. The van der Waals surface area contributed by atoms with Gasteiger partial charge in [0.15, 0.2) is 11.5 Å². The van der Waals surface area contributed by atoms with Gasteiger partial charge in [-0.15, -0.1) is 0 Å². The van der Waals surface area contributed by atoms with Crippen molar-refractivity contribution in [3.8, 4) is 11.5 Å². The molecule has 1 saturated heterocycles. The minimum atomic E-state index is -1.17. The fourth-order valence-corrected chi connectivity index (χ4v) is 3.83. The highest BCUT2D eigenvalue weighted by Crippen LogP contribution is 2.49. The molecule has 3 nitrogen and oxygen atoms in total. The van der Waals surface area contributed by atoms with Gasteiger partial charge in [-0.3, -0.25) is 0 Å². The van der Waals surface area contributed by atoms with Crippen molar-refractivity contribution in [1.29, 1.82) is 0 Å². The molecule has 0 aromatic heterocycles. The summed E-state index contributed by atoms with van der Waals surface area (Å²) in [6.07, 6.45) is 2.23. The van der Waals surface area contributed by atoms with Crippen LogP contribution in [0.25, 0.3) is 0 Å². The van der Waals surface area contributed by atoms with Crippen molar-refractivity contribution in [3.63, 3.8) is 0 Å². The van der Waals surface area contributed by atoms with Crippen LogP contribution in [0.2, 0.25) is 5.02 Å². The molecule has 0 amide bonds. The van der Waals surface area contributed by atoms with Crippen LogP contribution in [0, 0.1) is 5.82 Å². The summed E-state index contributed by atoms with van der Waals surface area (Å²) < 4.78 is 26.6. The standard InChI is InChI=1S/C19H19ClFNO2.ClH/c1-19(15-6-5-13(20)11-16(15)21)23-17-4-2-3-14(18(17)24-19)12-7-9-22-10-8-12;/h2-6,11-12,22H,7-10H2,1H3;1H. The van der Waals surface area contributed by atoms with E-state index < -0.39 is 11.6 Å². The molecule has 1 unspecified atom stereocenters. The minimum Gasteiger partial charge on any atom is -1.00 e. The minimum absolute atomic E-state index is 0. The Morgan fingerprint density at radius 2 is 1.92 bits per heavy atom. The number of hydrogen-bond acceptors (Lipinski definition) is 2. The first kappa shape index (κ1) is 18.3. The molecule has 0 aliphatic carbocycles. The molecule has 6 heteroatoms. The molecule has 2 N–H and O–H groups in total. The summed E-state index contributed by atoms with van der Waals surface area (Å²) in [5.74, 6) is 0.297. The van der Waals surface area contributed by atoms with Gasteiger partial charge in [-0.1, -0.05) is 23.7 Å². The van der Waals surface area contributed by atoms with E-state index in [9.17, 15) is 4.39 Å². The summed E-state index contributed by atoms with van der Waals surface area (Å²) in [5, 5.41) is 2.69. The van der Waals surface area contributed by atoms with Crippen LogP contribution >= 0.6 is 11.6 Å². The molecule has 0 saturated carbocycles. The molecule has 2 aromatic rings. The van der Waals surface area contributed by atoms with Crippen LogP contribution in [0.1, 0.15) is 36.8 Å². The molecule has 2 heterocycles. The van der Waals surface area contributed by atoms with E-state index in [0.29, 0.717) is 22.3 Å². The number of fused-ring (bicyclic) bond motifs is 1. The molecule has 0 spiro atoms. The van der Waals surface area contributed by atoms with E-state index in [4.69, 9.17) is 21.1 Å². The molecule has 0 bridgehead atoms. The lowest BCUT2D eigenvalue weighted by atomic mass is 9.89. The highest BCUT2D eigenvalue weighted by molar-refractivity contribution is 6.30. The van der Waals surface area contributed by atoms with E-state index in [1.807, 2.05) is 12.1 Å². The van der Waals surface area contributed by atoms with Gasteiger partial charge in [-0.2, -0.15) is 0 Å². The van der Waals surface area contributed by atoms with Gasteiger partial charge in [0.1, 0.15) is 5.82 Å². The molecule has 134 valence electrons. The topological polar surface area (TPSA) is 35.1 Å². The summed E-state index contributed by atoms with van der Waals surface area (Å²) in [4.78, 5) is 0. The van der Waals surface area contributed by atoms with Gasteiger partial charge in [-0.05, 0) is 30.2 Å². The van der Waals surface area contributed by atoms with E-state index in [1.54, 1.807) is 19.1 Å². The van der Waals surface area contributed by atoms with Crippen molar-refractivity contribution in [3.05, 3.63) is 58.4 Å². The summed E-state index contributed by atoms with van der Waals surface area (Å²) in [6.45, 7) is 3.99. The van der Waals surface area contributed by atoms with Gasteiger partial charge in [0.25, 0.3) is 5.79 Å². The van der Waals surface area contributed by atoms with E-state index in [2.05, 4.69) is 11.4 Å². The fraction of sp³-hybridized carbons (Fsp3) is 0.368. The Morgan fingerprint density at radius 1 is 1.16 bits per heavy atom. The predicted octanol–water partition coefficient (Wildman–Crippen LogP) is 0.568. The van der Waals surface area contributed by atoms with Crippen molar-refractivity contribution in [1.82, 2.24) is 0 Å². The van der Waals surface area contributed by atoms with E-state index in [1.165, 1.54) is 11.6 Å². The smallest absolute Gasteiger partial charge is 0.278 e. The van der Waals surface area contributed by atoms with Crippen molar-refractivity contribution in [2.45, 2.75) is 31.5 Å². The summed E-state index contributed by atoms with van der Waals surface area (Å²) >= 11 is 5.86. The van der Waals surface area contributed by atoms with E-state index in [-0.39, 0.29) is 12.4 Å². The van der Waals surface area contributed by atoms with Crippen LogP contribution in [0.15, 0.2) is 36.4 Å². The van der Waals surface area contributed by atoms with Crippen LogP contribution in [-0.4, -0.2) is 13.1 Å². The number of nitrogens with two attached hydrogens (primary N) is 1. The number of benzene rings is 2.